The number of halogens is 1. The molecule has 1 heteroatoms. The van der Waals surface area contributed by atoms with Gasteiger partial charge in [-0.25, -0.2) is 0 Å². The van der Waals surface area contributed by atoms with Gasteiger partial charge < -0.3 is 0 Å². The van der Waals surface area contributed by atoms with Crippen LogP contribution in [-0.4, -0.2) is 0 Å². The smallest absolute Gasteiger partial charge is 0.0631 e. The maximum absolute atomic E-state index is 6.77. The number of hydrogen-bond acceptors (Lipinski definition) is 0. The van der Waals surface area contributed by atoms with Gasteiger partial charge in [-0.1, -0.05) is 60.5 Å². The van der Waals surface area contributed by atoms with Crippen molar-refractivity contribution in [2.24, 2.45) is 11.8 Å². The van der Waals surface area contributed by atoms with Crippen molar-refractivity contribution in [3.63, 3.8) is 0 Å². The molecule has 2 aromatic rings. The normalized spacial score (nSPS) is 33.7. The Balaban J connectivity index is 1.93. The fourth-order valence-corrected chi connectivity index (χ4v) is 5.02. The molecule has 0 nitrogen and oxygen atoms in total. The molecule has 0 radical (unpaired) electrons. The van der Waals surface area contributed by atoms with Gasteiger partial charge in [0, 0.05) is 5.41 Å². The molecule has 1 saturated carbocycles. The van der Waals surface area contributed by atoms with Crippen molar-refractivity contribution in [3.05, 3.63) is 70.3 Å². The summed E-state index contributed by atoms with van der Waals surface area (Å²) < 4.78 is 0. The van der Waals surface area contributed by atoms with Gasteiger partial charge >= 0.3 is 0 Å². The summed E-state index contributed by atoms with van der Waals surface area (Å²) >= 11 is 6.77. The second-order valence-electron chi connectivity index (χ2n) is 6.54. The molecule has 0 aliphatic heterocycles. The number of benzene rings is 2. The Hall–Kier alpha value is -1.27. The van der Waals surface area contributed by atoms with E-state index < -0.39 is 0 Å². The summed E-state index contributed by atoms with van der Waals surface area (Å²) in [6.07, 6.45) is 0. The summed E-state index contributed by atoms with van der Waals surface area (Å²) in [5, 5.41) is 0.168. The van der Waals surface area contributed by atoms with Crippen LogP contribution in [0.1, 0.15) is 40.1 Å². The van der Waals surface area contributed by atoms with Crippen molar-refractivity contribution < 1.29 is 0 Å². The molecule has 2 aliphatic carbocycles. The van der Waals surface area contributed by atoms with Crippen LogP contribution >= 0.6 is 11.6 Å². The average Bonchev–Trinajstić information content (AvgIpc) is 2.95. The van der Waals surface area contributed by atoms with Gasteiger partial charge in [0.1, 0.15) is 0 Å². The number of aryl methyl sites for hydroxylation is 2. The van der Waals surface area contributed by atoms with E-state index in [1.54, 1.807) is 0 Å². The van der Waals surface area contributed by atoms with Crippen LogP contribution in [0.4, 0.5) is 0 Å². The average molecular weight is 283 g/mol. The Morgan fingerprint density at radius 1 is 0.950 bits per heavy atom. The fourth-order valence-electron chi connectivity index (χ4n) is 4.42. The van der Waals surface area contributed by atoms with Crippen molar-refractivity contribution in [1.29, 1.82) is 0 Å². The zero-order chi connectivity index (χ0) is 14.1. The Morgan fingerprint density at radius 2 is 1.60 bits per heavy atom. The molecule has 0 saturated heterocycles. The van der Waals surface area contributed by atoms with E-state index in [-0.39, 0.29) is 10.8 Å². The first-order chi connectivity index (χ1) is 9.56. The first kappa shape index (κ1) is 12.5. The SMILES string of the molecule is Cc1ccc([C@]23c4ccc(C)cc4[C@@H](Cl)C2[C@H]3C)cc1. The highest BCUT2D eigenvalue weighted by Crippen LogP contribution is 2.74. The molecule has 0 bridgehead atoms. The highest BCUT2D eigenvalue weighted by molar-refractivity contribution is 6.22. The van der Waals surface area contributed by atoms with E-state index in [0.29, 0.717) is 11.8 Å². The number of hydrogen-bond donors (Lipinski definition) is 0. The van der Waals surface area contributed by atoms with Crippen molar-refractivity contribution >= 4 is 11.6 Å². The molecule has 4 rings (SSSR count). The van der Waals surface area contributed by atoms with Crippen molar-refractivity contribution in [2.45, 2.75) is 31.6 Å². The standard InChI is InChI=1S/C19H19Cl/c1-11-4-7-14(8-5-11)19-13(3)17(19)18(20)15-10-12(2)6-9-16(15)19/h4-10,13,17-18H,1-3H3/t13-,17?,18-,19-/m1/s1. The second-order valence-corrected chi connectivity index (χ2v) is 7.01. The topological polar surface area (TPSA) is 0 Å². The van der Waals surface area contributed by atoms with E-state index in [9.17, 15) is 0 Å². The molecule has 1 fully saturated rings. The lowest BCUT2D eigenvalue weighted by Crippen LogP contribution is -2.11. The van der Waals surface area contributed by atoms with Crippen LogP contribution < -0.4 is 0 Å². The molecule has 0 N–H and O–H groups in total. The van der Waals surface area contributed by atoms with E-state index in [1.165, 1.54) is 27.8 Å². The molecule has 2 aliphatic rings. The lowest BCUT2D eigenvalue weighted by Gasteiger charge is -2.19. The number of fused-ring (bicyclic) bond motifs is 3. The molecule has 0 heterocycles. The van der Waals surface area contributed by atoms with Crippen LogP contribution in [0.15, 0.2) is 42.5 Å². The van der Waals surface area contributed by atoms with Crippen LogP contribution in [0.3, 0.4) is 0 Å². The van der Waals surface area contributed by atoms with E-state index in [0.717, 1.165) is 0 Å². The Morgan fingerprint density at radius 3 is 2.30 bits per heavy atom. The first-order valence-corrected chi connectivity index (χ1v) is 7.82. The van der Waals surface area contributed by atoms with Gasteiger partial charge in [-0.15, -0.1) is 11.6 Å². The Labute approximate surface area is 125 Å². The minimum Gasteiger partial charge on any atom is -0.117 e. The summed E-state index contributed by atoms with van der Waals surface area (Å²) in [5.41, 5.74) is 7.05. The zero-order valence-corrected chi connectivity index (χ0v) is 12.9. The van der Waals surface area contributed by atoms with Crippen LogP contribution in [0.25, 0.3) is 0 Å². The van der Waals surface area contributed by atoms with Crippen molar-refractivity contribution in [2.75, 3.05) is 0 Å². The summed E-state index contributed by atoms with van der Waals surface area (Å²) in [4.78, 5) is 0. The monoisotopic (exact) mass is 282 g/mol. The molecule has 4 atom stereocenters. The fraction of sp³-hybridized carbons (Fsp3) is 0.368. The highest BCUT2D eigenvalue weighted by Gasteiger charge is 2.70. The third-order valence-corrected chi connectivity index (χ3v) is 5.97. The van der Waals surface area contributed by atoms with Crippen molar-refractivity contribution in [1.82, 2.24) is 0 Å². The molecular formula is C19H19Cl. The molecule has 20 heavy (non-hydrogen) atoms. The molecule has 1 unspecified atom stereocenters. The predicted octanol–water partition coefficient (Wildman–Crippen LogP) is 5.15. The molecule has 102 valence electrons. The summed E-state index contributed by atoms with van der Waals surface area (Å²) in [6.45, 7) is 6.64. The van der Waals surface area contributed by atoms with Crippen LogP contribution in [-0.2, 0) is 5.41 Å². The van der Waals surface area contributed by atoms with Crippen LogP contribution in [0.5, 0.6) is 0 Å². The quantitative estimate of drug-likeness (QED) is 0.635. The summed E-state index contributed by atoms with van der Waals surface area (Å²) in [6, 6.07) is 15.9. The maximum Gasteiger partial charge on any atom is 0.0631 e. The number of rotatable bonds is 1. The predicted molar refractivity (Wildman–Crippen MR) is 84.4 cm³/mol. The van der Waals surface area contributed by atoms with Crippen LogP contribution in [0, 0.1) is 25.7 Å². The van der Waals surface area contributed by atoms with Gasteiger partial charge in [-0.2, -0.15) is 0 Å². The van der Waals surface area contributed by atoms with Crippen molar-refractivity contribution in [3.8, 4) is 0 Å². The van der Waals surface area contributed by atoms with Gasteiger partial charge in [0.2, 0.25) is 0 Å². The molecule has 0 spiro atoms. The van der Waals surface area contributed by atoms with Crippen LogP contribution in [0.2, 0.25) is 0 Å². The van der Waals surface area contributed by atoms with E-state index >= 15 is 0 Å². The zero-order valence-electron chi connectivity index (χ0n) is 12.2. The molecule has 0 aromatic heterocycles. The third kappa shape index (κ3) is 1.33. The molecular weight excluding hydrogens is 264 g/mol. The van der Waals surface area contributed by atoms with Gasteiger partial charge in [-0.05, 0) is 42.4 Å². The third-order valence-electron chi connectivity index (χ3n) is 5.47. The Kier molecular flexibility index (Phi) is 2.42. The van der Waals surface area contributed by atoms with E-state index in [2.05, 4.69) is 63.2 Å². The van der Waals surface area contributed by atoms with Gasteiger partial charge in [0.15, 0.2) is 0 Å². The minimum atomic E-state index is 0.168. The largest absolute Gasteiger partial charge is 0.117 e. The maximum atomic E-state index is 6.77. The van der Waals surface area contributed by atoms with Gasteiger partial charge in [0.05, 0.1) is 5.38 Å². The summed E-state index contributed by atoms with van der Waals surface area (Å²) in [5.74, 6) is 1.20. The van der Waals surface area contributed by atoms with E-state index in [4.69, 9.17) is 11.6 Å². The lowest BCUT2D eigenvalue weighted by molar-refractivity contribution is 0.729. The van der Waals surface area contributed by atoms with Gasteiger partial charge in [0.25, 0.3) is 0 Å². The van der Waals surface area contributed by atoms with E-state index in [1.807, 2.05) is 0 Å². The molecule has 0 amide bonds. The minimum absolute atomic E-state index is 0.168. The number of alkyl halides is 1. The van der Waals surface area contributed by atoms with Gasteiger partial charge in [-0.3, -0.25) is 0 Å². The lowest BCUT2D eigenvalue weighted by atomic mass is 9.85. The summed E-state index contributed by atoms with van der Waals surface area (Å²) in [7, 11) is 0. The highest BCUT2D eigenvalue weighted by atomic mass is 35.5. The first-order valence-electron chi connectivity index (χ1n) is 7.39. The second kappa shape index (κ2) is 3.89. The molecule has 2 aromatic carbocycles. The Bertz CT molecular complexity index is 685.